The smallest absolute Gasteiger partial charge is 0.407 e. The van der Waals surface area contributed by atoms with Gasteiger partial charge in [0.2, 0.25) is 0 Å². The van der Waals surface area contributed by atoms with Gasteiger partial charge in [0.25, 0.3) is 5.91 Å². The van der Waals surface area contributed by atoms with E-state index < -0.39 is 6.09 Å². The van der Waals surface area contributed by atoms with E-state index in [-0.39, 0.29) is 17.9 Å². The molecule has 3 heterocycles. The summed E-state index contributed by atoms with van der Waals surface area (Å²) in [4.78, 5) is 30.3. The van der Waals surface area contributed by atoms with Crippen LogP contribution < -0.4 is 5.32 Å². The fourth-order valence-electron chi connectivity index (χ4n) is 4.64. The SMILES string of the molecule is Cc1c(NC(=O)c2cccc(C#N)c2)cnc2c1c([C@@H]1CCN(C(=O)O)[C@H](C)C1)cn2C. The number of rotatable bonds is 3. The van der Waals surface area contributed by atoms with Crippen molar-refractivity contribution in [3.05, 3.63) is 58.9 Å². The molecule has 1 aromatic carbocycles. The topological polar surface area (TPSA) is 111 Å². The van der Waals surface area contributed by atoms with E-state index in [2.05, 4.69) is 16.5 Å². The van der Waals surface area contributed by atoms with Crippen LogP contribution in [0.25, 0.3) is 11.0 Å². The number of benzene rings is 1. The van der Waals surface area contributed by atoms with Crippen molar-refractivity contribution < 1.29 is 14.7 Å². The van der Waals surface area contributed by atoms with Crippen LogP contribution in [0.4, 0.5) is 10.5 Å². The minimum atomic E-state index is -0.878. The Hall–Kier alpha value is -3.86. The molecule has 1 fully saturated rings. The predicted molar refractivity (Wildman–Crippen MR) is 121 cm³/mol. The number of nitrogens with zero attached hydrogens (tertiary/aromatic N) is 4. The molecule has 0 spiro atoms. The van der Waals surface area contributed by atoms with Gasteiger partial charge in [0.05, 0.1) is 23.5 Å². The number of aromatic nitrogens is 2. The largest absolute Gasteiger partial charge is 0.465 e. The molecule has 164 valence electrons. The normalized spacial score (nSPS) is 18.4. The molecule has 2 N–H and O–H groups in total. The molecule has 32 heavy (non-hydrogen) atoms. The Bertz CT molecular complexity index is 1260. The molecule has 0 aliphatic carbocycles. The fraction of sp³-hybridized carbons (Fsp3) is 0.333. The second kappa shape index (κ2) is 8.35. The minimum absolute atomic E-state index is 0.0648. The maximum atomic E-state index is 12.8. The zero-order chi connectivity index (χ0) is 23.0. The summed E-state index contributed by atoms with van der Waals surface area (Å²) in [6, 6.07) is 8.55. The van der Waals surface area contributed by atoms with E-state index in [0.29, 0.717) is 23.4 Å². The van der Waals surface area contributed by atoms with Crippen molar-refractivity contribution >= 4 is 28.7 Å². The first-order valence-electron chi connectivity index (χ1n) is 10.6. The van der Waals surface area contributed by atoms with Gasteiger partial charge < -0.3 is 19.9 Å². The summed E-state index contributed by atoms with van der Waals surface area (Å²) >= 11 is 0. The summed E-state index contributed by atoms with van der Waals surface area (Å²) in [6.07, 6.45) is 4.33. The number of fused-ring (bicyclic) bond motifs is 1. The van der Waals surface area contributed by atoms with Gasteiger partial charge in [-0.1, -0.05) is 6.07 Å². The van der Waals surface area contributed by atoms with Crippen LogP contribution in [0, 0.1) is 18.3 Å². The van der Waals surface area contributed by atoms with E-state index in [1.807, 2.05) is 31.5 Å². The van der Waals surface area contributed by atoms with Crippen molar-refractivity contribution in [2.75, 3.05) is 11.9 Å². The van der Waals surface area contributed by atoms with Crippen LogP contribution >= 0.6 is 0 Å². The predicted octanol–water partition coefficient (Wildman–Crippen LogP) is 4.25. The molecule has 0 radical (unpaired) electrons. The molecule has 8 heteroatoms. The Balaban J connectivity index is 1.67. The lowest BCUT2D eigenvalue weighted by Crippen LogP contribution is -2.43. The number of carbonyl (C=O) groups is 2. The van der Waals surface area contributed by atoms with E-state index >= 15 is 0 Å². The zero-order valence-corrected chi connectivity index (χ0v) is 18.3. The number of carbonyl (C=O) groups excluding carboxylic acids is 1. The lowest BCUT2D eigenvalue weighted by molar-refractivity contribution is 0.102. The van der Waals surface area contributed by atoms with Crippen molar-refractivity contribution in [2.45, 2.75) is 38.6 Å². The second-order valence-corrected chi connectivity index (χ2v) is 8.38. The number of likely N-dealkylation sites (tertiary alicyclic amines) is 1. The van der Waals surface area contributed by atoms with Crippen molar-refractivity contribution in [3.8, 4) is 6.07 Å². The molecular weight excluding hydrogens is 406 g/mol. The Morgan fingerprint density at radius 2 is 2.12 bits per heavy atom. The highest BCUT2D eigenvalue weighted by atomic mass is 16.4. The maximum absolute atomic E-state index is 12.8. The van der Waals surface area contributed by atoms with Gasteiger partial charge >= 0.3 is 6.09 Å². The van der Waals surface area contributed by atoms with Crippen LogP contribution in [0.2, 0.25) is 0 Å². The molecule has 2 amide bonds. The molecule has 0 bridgehead atoms. The third-order valence-corrected chi connectivity index (χ3v) is 6.34. The Morgan fingerprint density at radius 1 is 1.34 bits per heavy atom. The van der Waals surface area contributed by atoms with Crippen molar-refractivity contribution in [1.29, 1.82) is 5.26 Å². The molecule has 3 aromatic rings. The van der Waals surface area contributed by atoms with Gasteiger partial charge in [0.15, 0.2) is 0 Å². The van der Waals surface area contributed by atoms with Crippen LogP contribution in [0.15, 0.2) is 36.7 Å². The highest BCUT2D eigenvalue weighted by Gasteiger charge is 2.31. The summed E-state index contributed by atoms with van der Waals surface area (Å²) in [6.45, 7) is 4.40. The summed E-state index contributed by atoms with van der Waals surface area (Å²) in [5.74, 6) is -0.0877. The van der Waals surface area contributed by atoms with E-state index in [9.17, 15) is 14.7 Å². The van der Waals surface area contributed by atoms with Crippen LogP contribution in [0.1, 0.15) is 52.7 Å². The van der Waals surface area contributed by atoms with Gasteiger partial charge in [-0.15, -0.1) is 0 Å². The number of aryl methyl sites for hydroxylation is 2. The quantitative estimate of drug-likeness (QED) is 0.644. The third-order valence-electron chi connectivity index (χ3n) is 6.34. The number of hydrogen-bond donors (Lipinski definition) is 2. The highest BCUT2D eigenvalue weighted by molar-refractivity contribution is 6.06. The number of amides is 2. The molecule has 4 rings (SSSR count). The van der Waals surface area contributed by atoms with Gasteiger partial charge in [-0.05, 0) is 61.9 Å². The Morgan fingerprint density at radius 3 is 2.81 bits per heavy atom. The highest BCUT2D eigenvalue weighted by Crippen LogP contribution is 2.38. The first kappa shape index (κ1) is 21.4. The summed E-state index contributed by atoms with van der Waals surface area (Å²) in [7, 11) is 1.94. The fourth-order valence-corrected chi connectivity index (χ4v) is 4.64. The molecule has 1 aliphatic rings. The van der Waals surface area contributed by atoms with Gasteiger partial charge in [-0.2, -0.15) is 5.26 Å². The summed E-state index contributed by atoms with van der Waals surface area (Å²) in [5.41, 5.74) is 4.33. The summed E-state index contributed by atoms with van der Waals surface area (Å²) < 4.78 is 1.98. The lowest BCUT2D eigenvalue weighted by atomic mass is 9.85. The molecule has 1 aliphatic heterocycles. The second-order valence-electron chi connectivity index (χ2n) is 8.38. The number of nitrogens with one attached hydrogen (secondary N) is 1. The first-order chi connectivity index (χ1) is 15.3. The summed E-state index contributed by atoms with van der Waals surface area (Å²) in [5, 5.41) is 22.4. The van der Waals surface area contributed by atoms with Crippen molar-refractivity contribution in [1.82, 2.24) is 14.5 Å². The van der Waals surface area contributed by atoms with Gasteiger partial charge in [-0.25, -0.2) is 9.78 Å². The van der Waals surface area contributed by atoms with Gasteiger partial charge in [-0.3, -0.25) is 4.79 Å². The third kappa shape index (κ3) is 3.78. The van der Waals surface area contributed by atoms with Crippen LogP contribution in [0.5, 0.6) is 0 Å². The Labute approximate surface area is 186 Å². The van der Waals surface area contributed by atoms with Crippen LogP contribution in [-0.4, -0.2) is 44.1 Å². The average Bonchev–Trinajstić information content (AvgIpc) is 3.12. The lowest BCUT2D eigenvalue weighted by Gasteiger charge is -2.35. The monoisotopic (exact) mass is 431 g/mol. The molecule has 1 saturated heterocycles. The molecule has 2 atom stereocenters. The van der Waals surface area contributed by atoms with Crippen LogP contribution in [-0.2, 0) is 7.05 Å². The number of nitriles is 1. The van der Waals surface area contributed by atoms with Crippen LogP contribution in [0.3, 0.4) is 0 Å². The van der Waals surface area contributed by atoms with Gasteiger partial charge in [0, 0.05) is 36.8 Å². The molecule has 8 nitrogen and oxygen atoms in total. The standard InChI is InChI=1S/C24H25N5O3/c1-14-9-17(7-8-29(14)24(31)32)19-13-28(3)22-21(19)15(2)20(12-26-22)27-23(30)18-6-4-5-16(10-18)11-25/h4-6,10,12-14,17H,7-9H2,1-3H3,(H,27,30)(H,31,32)/t14-,17-/m1/s1. The molecule has 2 aromatic heterocycles. The zero-order valence-electron chi connectivity index (χ0n) is 18.3. The molecular formula is C24H25N5O3. The number of hydrogen-bond acceptors (Lipinski definition) is 4. The molecule has 0 unspecified atom stereocenters. The number of piperidine rings is 1. The van der Waals surface area contributed by atoms with E-state index in [0.717, 1.165) is 35.0 Å². The maximum Gasteiger partial charge on any atom is 0.407 e. The number of carboxylic acid groups (broad SMARTS) is 1. The Kier molecular flexibility index (Phi) is 5.57. The van der Waals surface area contributed by atoms with E-state index in [1.165, 1.54) is 4.90 Å². The van der Waals surface area contributed by atoms with E-state index in [4.69, 9.17) is 5.26 Å². The number of pyridine rings is 1. The van der Waals surface area contributed by atoms with E-state index in [1.54, 1.807) is 30.5 Å². The minimum Gasteiger partial charge on any atom is -0.465 e. The van der Waals surface area contributed by atoms with Crippen molar-refractivity contribution in [2.24, 2.45) is 7.05 Å². The van der Waals surface area contributed by atoms with Crippen molar-refractivity contribution in [3.63, 3.8) is 0 Å². The first-order valence-corrected chi connectivity index (χ1v) is 10.6. The average molecular weight is 431 g/mol. The number of anilines is 1. The molecule has 0 saturated carbocycles. The van der Waals surface area contributed by atoms with Gasteiger partial charge in [0.1, 0.15) is 5.65 Å².